The van der Waals surface area contributed by atoms with E-state index in [1.165, 1.54) is 12.1 Å². The molecule has 4 heteroatoms. The minimum absolute atomic E-state index is 0.254. The Bertz CT molecular complexity index is 718. The van der Waals surface area contributed by atoms with E-state index < -0.39 is 0 Å². The van der Waals surface area contributed by atoms with Crippen molar-refractivity contribution in [3.63, 3.8) is 0 Å². The molecule has 0 saturated carbocycles. The third-order valence-electron chi connectivity index (χ3n) is 3.06. The molecule has 2 nitrogen and oxygen atoms in total. The van der Waals surface area contributed by atoms with Crippen molar-refractivity contribution in [2.24, 2.45) is 9.98 Å². The maximum absolute atomic E-state index is 13.1. The molecule has 0 heterocycles. The number of halogens is 2. The van der Waals surface area contributed by atoms with Crippen LogP contribution in [-0.2, 0) is 6.54 Å². The lowest BCUT2D eigenvalue weighted by Crippen LogP contribution is -1.92. The van der Waals surface area contributed by atoms with E-state index in [1.807, 2.05) is 31.2 Å². The largest absolute Gasteiger partial charge is 0.285 e. The van der Waals surface area contributed by atoms with E-state index in [9.17, 15) is 4.39 Å². The van der Waals surface area contributed by atoms with Crippen LogP contribution >= 0.6 is 11.6 Å². The fraction of sp³-hybridized carbons (Fsp3) is 0.111. The van der Waals surface area contributed by atoms with Gasteiger partial charge in [0.15, 0.2) is 0 Å². The minimum atomic E-state index is -0.254. The molecule has 0 saturated heterocycles. The molecule has 0 aliphatic heterocycles. The van der Waals surface area contributed by atoms with Gasteiger partial charge in [-0.2, -0.15) is 0 Å². The first-order valence-electron chi connectivity index (χ1n) is 6.78. The fourth-order valence-corrected chi connectivity index (χ4v) is 2.06. The lowest BCUT2D eigenvalue weighted by molar-refractivity contribution is 0.625. The summed E-state index contributed by atoms with van der Waals surface area (Å²) < 4.78 is 13.1. The zero-order chi connectivity index (χ0) is 15.9. The minimum Gasteiger partial charge on any atom is -0.285 e. The second-order valence-electron chi connectivity index (χ2n) is 4.78. The smallest absolute Gasteiger partial charge is 0.123 e. The van der Waals surface area contributed by atoms with Crippen molar-refractivity contribution in [2.75, 3.05) is 0 Å². The number of hydrogen-bond donors (Lipinski definition) is 0. The van der Waals surface area contributed by atoms with Crippen LogP contribution in [-0.4, -0.2) is 12.4 Å². The normalized spacial score (nSPS) is 12.3. The number of benzene rings is 2. The van der Waals surface area contributed by atoms with Gasteiger partial charge in [0.2, 0.25) is 0 Å². The van der Waals surface area contributed by atoms with Crippen molar-refractivity contribution < 1.29 is 4.39 Å². The monoisotopic (exact) mass is 314 g/mol. The Hall–Kier alpha value is -2.26. The summed E-state index contributed by atoms with van der Waals surface area (Å²) in [5, 5.41) is 0.670. The average molecular weight is 315 g/mol. The van der Waals surface area contributed by atoms with Gasteiger partial charge in [0.25, 0.3) is 0 Å². The molecule has 0 radical (unpaired) electrons. The summed E-state index contributed by atoms with van der Waals surface area (Å²) in [6, 6.07) is 13.8. The molecule has 0 atom stereocenters. The van der Waals surface area contributed by atoms with Crippen molar-refractivity contribution in [3.05, 3.63) is 76.6 Å². The van der Waals surface area contributed by atoms with Gasteiger partial charge in [-0.25, -0.2) is 4.39 Å². The number of allylic oxidation sites excluding steroid dienone is 1. The highest BCUT2D eigenvalue weighted by molar-refractivity contribution is 6.30. The third-order valence-corrected chi connectivity index (χ3v) is 3.31. The Morgan fingerprint density at radius 2 is 1.95 bits per heavy atom. The first-order valence-corrected chi connectivity index (χ1v) is 7.16. The SMILES string of the molecule is C=N/C(=C\C(C)=N/Cc1cccc(F)c1)c1ccc(Cl)cc1. The summed E-state index contributed by atoms with van der Waals surface area (Å²) in [5.74, 6) is -0.254. The molecule has 22 heavy (non-hydrogen) atoms. The first-order chi connectivity index (χ1) is 10.6. The zero-order valence-electron chi connectivity index (χ0n) is 12.3. The Morgan fingerprint density at radius 1 is 1.23 bits per heavy atom. The Morgan fingerprint density at radius 3 is 2.59 bits per heavy atom. The van der Waals surface area contributed by atoms with Gasteiger partial charge in [-0.1, -0.05) is 35.9 Å². The summed E-state index contributed by atoms with van der Waals surface area (Å²) in [6.07, 6.45) is 1.84. The van der Waals surface area contributed by atoms with Gasteiger partial charge in [-0.3, -0.25) is 9.98 Å². The summed E-state index contributed by atoms with van der Waals surface area (Å²) in [4.78, 5) is 8.45. The molecule has 2 aromatic carbocycles. The maximum Gasteiger partial charge on any atom is 0.123 e. The van der Waals surface area contributed by atoms with Crippen molar-refractivity contribution in [1.29, 1.82) is 0 Å². The van der Waals surface area contributed by atoms with Crippen LogP contribution in [0.3, 0.4) is 0 Å². The van der Waals surface area contributed by atoms with Crippen LogP contribution in [0.15, 0.2) is 64.6 Å². The van der Waals surface area contributed by atoms with Crippen LogP contribution in [0.2, 0.25) is 5.02 Å². The quantitative estimate of drug-likeness (QED) is 0.679. The third kappa shape index (κ3) is 4.64. The number of nitrogens with zero attached hydrogens (tertiary/aromatic N) is 2. The van der Waals surface area contributed by atoms with Crippen LogP contribution in [0.5, 0.6) is 0 Å². The zero-order valence-corrected chi connectivity index (χ0v) is 13.0. The molecule has 0 aliphatic carbocycles. The molecule has 0 aliphatic rings. The van der Waals surface area contributed by atoms with Crippen LogP contribution in [0.4, 0.5) is 4.39 Å². The van der Waals surface area contributed by atoms with Crippen LogP contribution < -0.4 is 0 Å². The Kier molecular flexibility index (Phi) is 5.61. The van der Waals surface area contributed by atoms with Gasteiger partial charge >= 0.3 is 0 Å². The summed E-state index contributed by atoms with van der Waals surface area (Å²) >= 11 is 5.88. The van der Waals surface area contributed by atoms with Gasteiger partial charge in [0.1, 0.15) is 5.82 Å². The molecule has 0 spiro atoms. The van der Waals surface area contributed by atoms with E-state index in [-0.39, 0.29) is 5.82 Å². The Balaban J connectivity index is 2.16. The topological polar surface area (TPSA) is 24.7 Å². The van der Waals surface area contributed by atoms with Crippen molar-refractivity contribution in [1.82, 2.24) is 0 Å². The van der Waals surface area contributed by atoms with Crippen LogP contribution in [0.25, 0.3) is 5.70 Å². The average Bonchev–Trinajstić information content (AvgIpc) is 2.52. The highest BCUT2D eigenvalue weighted by Gasteiger charge is 2.00. The number of rotatable bonds is 5. The molecule has 112 valence electrons. The maximum atomic E-state index is 13.1. The van der Waals surface area contributed by atoms with E-state index in [0.29, 0.717) is 11.6 Å². The highest BCUT2D eigenvalue weighted by Crippen LogP contribution is 2.18. The van der Waals surface area contributed by atoms with Gasteiger partial charge in [-0.15, -0.1) is 0 Å². The van der Waals surface area contributed by atoms with E-state index in [1.54, 1.807) is 18.2 Å². The molecule has 2 aromatic rings. The van der Waals surface area contributed by atoms with Crippen LogP contribution in [0.1, 0.15) is 18.1 Å². The van der Waals surface area contributed by atoms with Crippen molar-refractivity contribution >= 4 is 29.7 Å². The number of hydrogen-bond acceptors (Lipinski definition) is 2. The summed E-state index contributed by atoms with van der Waals surface area (Å²) in [7, 11) is 0. The Labute approximate surface area is 134 Å². The van der Waals surface area contributed by atoms with Gasteiger partial charge in [0, 0.05) is 16.3 Å². The van der Waals surface area contributed by atoms with E-state index >= 15 is 0 Å². The fourth-order valence-electron chi connectivity index (χ4n) is 1.94. The predicted octanol–water partition coefficient (Wildman–Crippen LogP) is 5.18. The molecule has 0 bridgehead atoms. The lowest BCUT2D eigenvalue weighted by Gasteiger charge is -2.03. The number of aliphatic imine (C=N–C) groups is 2. The predicted molar refractivity (Wildman–Crippen MR) is 92.2 cm³/mol. The first kappa shape index (κ1) is 16.1. The van der Waals surface area contributed by atoms with Gasteiger partial charge < -0.3 is 0 Å². The molecular weight excluding hydrogens is 299 g/mol. The molecular formula is C18H16ClFN2. The van der Waals surface area contributed by atoms with Crippen molar-refractivity contribution in [3.8, 4) is 0 Å². The highest BCUT2D eigenvalue weighted by atomic mass is 35.5. The molecule has 0 amide bonds. The summed E-state index contributed by atoms with van der Waals surface area (Å²) in [6.45, 7) is 5.88. The molecule has 0 N–H and O–H groups in total. The molecule has 0 unspecified atom stereocenters. The van der Waals surface area contributed by atoms with E-state index in [0.717, 1.165) is 22.5 Å². The molecule has 2 rings (SSSR count). The molecule has 0 aromatic heterocycles. The van der Waals surface area contributed by atoms with Gasteiger partial charge in [-0.05, 0) is 49.5 Å². The second kappa shape index (κ2) is 7.66. The van der Waals surface area contributed by atoms with E-state index in [4.69, 9.17) is 11.6 Å². The second-order valence-corrected chi connectivity index (χ2v) is 5.22. The summed E-state index contributed by atoms with van der Waals surface area (Å²) in [5.41, 5.74) is 3.26. The van der Waals surface area contributed by atoms with E-state index in [2.05, 4.69) is 16.7 Å². The van der Waals surface area contributed by atoms with Gasteiger partial charge in [0.05, 0.1) is 12.2 Å². The molecule has 0 fully saturated rings. The van der Waals surface area contributed by atoms with Crippen LogP contribution in [0, 0.1) is 5.82 Å². The standard InChI is InChI=1S/C18H16ClFN2/c1-13(22-12-14-4-3-5-17(20)11-14)10-18(21-2)15-6-8-16(19)9-7-15/h3-11H,2,12H2,1H3/b18-10-,22-13-. The lowest BCUT2D eigenvalue weighted by atomic mass is 10.1. The van der Waals surface area contributed by atoms with Crippen molar-refractivity contribution in [2.45, 2.75) is 13.5 Å².